The van der Waals surface area contributed by atoms with Crippen molar-refractivity contribution in [2.75, 3.05) is 72.9 Å². The zero-order valence-corrected chi connectivity index (χ0v) is 46.8. The van der Waals surface area contributed by atoms with Gasteiger partial charge in [0.2, 0.25) is 17.7 Å². The number of carboxylic acids is 1. The fraction of sp³-hybridized carbons (Fsp3) is 0.567. The number of amides is 5. The van der Waals surface area contributed by atoms with Gasteiger partial charge in [0.15, 0.2) is 5.78 Å². The molecule has 0 heterocycles. The average Bonchev–Trinajstić information content (AvgIpc) is 3.46. The lowest BCUT2D eigenvalue weighted by atomic mass is 10.0. The summed E-state index contributed by atoms with van der Waals surface area (Å²) >= 11 is 0. The predicted molar refractivity (Wildman–Crippen MR) is 301 cm³/mol. The number of methoxy groups -OCH3 is 1. The van der Waals surface area contributed by atoms with Gasteiger partial charge in [-0.15, -0.1) is 0 Å². The Labute approximate surface area is 471 Å². The number of carbonyl (C=O) groups is 8. The van der Waals surface area contributed by atoms with Crippen LogP contribution in [-0.2, 0) is 51.4 Å². The molecular formula is C60H87N5O15. The number of aliphatic carboxylic acids is 1. The van der Waals surface area contributed by atoms with Gasteiger partial charge in [0.25, 0.3) is 11.8 Å². The molecular weight excluding hydrogens is 1030 g/mol. The molecule has 0 bridgehead atoms. The number of carboxylic acid groups (broad SMARTS) is 1. The molecule has 5 amide bonds. The van der Waals surface area contributed by atoms with Crippen molar-refractivity contribution in [3.8, 4) is 5.75 Å². The van der Waals surface area contributed by atoms with Crippen LogP contribution < -0.4 is 31.3 Å². The molecule has 0 saturated carbocycles. The van der Waals surface area contributed by atoms with E-state index < -0.39 is 11.5 Å². The number of ether oxygens (including phenoxy) is 4. The molecule has 8 N–H and O–H groups in total. The molecule has 0 aromatic heterocycles. The Morgan fingerprint density at radius 3 is 1.30 bits per heavy atom. The van der Waals surface area contributed by atoms with Crippen LogP contribution in [0.1, 0.15) is 171 Å². The summed E-state index contributed by atoms with van der Waals surface area (Å²) in [5, 5.41) is 41.8. The minimum absolute atomic E-state index is 0.00146. The van der Waals surface area contributed by atoms with Crippen LogP contribution in [0.5, 0.6) is 5.75 Å². The van der Waals surface area contributed by atoms with Crippen molar-refractivity contribution in [3.63, 3.8) is 0 Å². The van der Waals surface area contributed by atoms with Crippen LogP contribution in [0.4, 0.5) is 0 Å². The molecule has 442 valence electrons. The number of benzene rings is 3. The maximum Gasteiger partial charge on any atom is 0.303 e. The minimum atomic E-state index is -1.29. The molecule has 3 aromatic rings. The number of carbonyl (C=O) groups excluding carboxylic acids is 7. The van der Waals surface area contributed by atoms with Gasteiger partial charge in [0.1, 0.15) is 17.1 Å². The highest BCUT2D eigenvalue weighted by Crippen LogP contribution is 2.16. The molecule has 1 atom stereocenters. The summed E-state index contributed by atoms with van der Waals surface area (Å²) in [5.74, 6) is -1.55. The minimum Gasteiger partial charge on any atom is -0.497 e. The zero-order chi connectivity index (χ0) is 58.1. The van der Waals surface area contributed by atoms with E-state index in [2.05, 4.69) is 26.6 Å². The summed E-state index contributed by atoms with van der Waals surface area (Å²) in [6, 6.07) is 20.2. The Morgan fingerprint density at radius 2 is 0.825 bits per heavy atom. The van der Waals surface area contributed by atoms with E-state index in [-0.39, 0.29) is 126 Å². The second kappa shape index (κ2) is 41.4. The number of hydrogen-bond donors (Lipinski definition) is 8. The lowest BCUT2D eigenvalue weighted by Crippen LogP contribution is -2.58. The topological polar surface area (TPSA) is 294 Å². The van der Waals surface area contributed by atoms with Crippen molar-refractivity contribution < 1.29 is 72.6 Å². The number of aliphatic hydroxyl groups is 2. The van der Waals surface area contributed by atoms with Gasteiger partial charge in [-0.1, -0.05) is 81.3 Å². The van der Waals surface area contributed by atoms with Gasteiger partial charge in [0, 0.05) is 87.8 Å². The zero-order valence-electron chi connectivity index (χ0n) is 46.8. The normalized spacial score (nSPS) is 11.7. The third kappa shape index (κ3) is 30.7. The SMILES string of the molecule is COc1ccc(C(=O)NCCCNC(=O)CCOCC(COCCC(=O)CCCCCC(=O)c2ccc(CO)cc2)(COCCC(=O)NCCCNC(=O)c2ccc(CO)cc2)NC(=O)CCCCCCCCCCC(=O)O)cc1. The molecule has 0 aliphatic carbocycles. The third-order valence-corrected chi connectivity index (χ3v) is 13.0. The smallest absolute Gasteiger partial charge is 0.303 e. The molecule has 80 heavy (non-hydrogen) atoms. The predicted octanol–water partition coefficient (Wildman–Crippen LogP) is 6.32. The van der Waals surface area contributed by atoms with E-state index >= 15 is 0 Å². The van der Waals surface area contributed by atoms with Crippen LogP contribution in [0.3, 0.4) is 0 Å². The van der Waals surface area contributed by atoms with E-state index in [4.69, 9.17) is 24.1 Å². The monoisotopic (exact) mass is 1120 g/mol. The summed E-state index contributed by atoms with van der Waals surface area (Å²) in [6.45, 7) is 0.651. The van der Waals surface area contributed by atoms with Gasteiger partial charge in [0.05, 0.1) is 60.0 Å². The Bertz CT molecular complexity index is 2080. The number of ketones is 2. The van der Waals surface area contributed by atoms with Crippen LogP contribution in [0.15, 0.2) is 72.8 Å². The van der Waals surface area contributed by atoms with E-state index in [9.17, 15) is 48.6 Å². The first kappa shape index (κ1) is 67.7. The highest BCUT2D eigenvalue weighted by Gasteiger charge is 2.34. The van der Waals surface area contributed by atoms with E-state index in [1.54, 1.807) is 79.9 Å². The molecule has 0 aliphatic heterocycles. The molecule has 0 fully saturated rings. The molecule has 0 spiro atoms. The highest BCUT2D eigenvalue weighted by atomic mass is 16.5. The second-order valence-corrected chi connectivity index (χ2v) is 19.8. The number of unbranched alkanes of at least 4 members (excludes halogenated alkanes) is 9. The first-order chi connectivity index (χ1) is 38.8. The lowest BCUT2D eigenvalue weighted by Gasteiger charge is -2.34. The standard InChI is InChI=1S/C60H87N5O15/c1-77-52-29-27-50(28-30-52)59(76)64-37-14-35-62-55(71)33-40-80-45-60(65-56(72)17-11-6-4-2-3-5-7-12-18-57(73)74,43-78-38-31-51(68)15-9-8-10-16-53(69)48-23-19-46(41-66)20-24-48)44-79-39-32-54(70)61-34-13-36-63-58(75)49-25-21-47(42-67)22-26-49/h19-30,66-67H,2-18,31-45H2,1H3,(H,61,70)(H,62,71)(H,63,75)(H,64,76)(H,65,72)(H,73,74). The number of aliphatic hydroxyl groups excluding tert-OH is 2. The summed E-state index contributed by atoms with van der Waals surface area (Å²) in [6.07, 6.45) is 10.7. The Hall–Kier alpha value is -6.58. The summed E-state index contributed by atoms with van der Waals surface area (Å²) in [4.78, 5) is 101. The van der Waals surface area contributed by atoms with Gasteiger partial charge >= 0.3 is 5.97 Å². The van der Waals surface area contributed by atoms with Crippen LogP contribution in [0, 0.1) is 0 Å². The van der Waals surface area contributed by atoms with Gasteiger partial charge in [-0.05, 0) is 86.1 Å². The Balaban J connectivity index is 1.56. The van der Waals surface area contributed by atoms with Crippen LogP contribution >= 0.6 is 0 Å². The van der Waals surface area contributed by atoms with E-state index in [0.717, 1.165) is 44.1 Å². The molecule has 3 aromatic carbocycles. The van der Waals surface area contributed by atoms with Crippen molar-refractivity contribution in [1.29, 1.82) is 0 Å². The highest BCUT2D eigenvalue weighted by molar-refractivity contribution is 5.96. The van der Waals surface area contributed by atoms with Crippen molar-refractivity contribution in [3.05, 3.63) is 101 Å². The van der Waals surface area contributed by atoms with Crippen molar-refractivity contribution in [1.82, 2.24) is 26.6 Å². The van der Waals surface area contributed by atoms with Gasteiger partial charge in [-0.2, -0.15) is 0 Å². The number of rotatable bonds is 47. The Morgan fingerprint density at radius 1 is 0.425 bits per heavy atom. The van der Waals surface area contributed by atoms with Gasteiger partial charge < -0.3 is 60.9 Å². The van der Waals surface area contributed by atoms with E-state index in [1.165, 1.54) is 0 Å². The van der Waals surface area contributed by atoms with Crippen molar-refractivity contribution in [2.45, 2.75) is 147 Å². The number of Topliss-reactive ketones (excluding diaryl/α,β-unsaturated/α-hetero) is 2. The number of hydrogen-bond acceptors (Lipinski definition) is 14. The number of nitrogens with one attached hydrogen (secondary N) is 5. The van der Waals surface area contributed by atoms with E-state index in [1.807, 2.05) is 0 Å². The molecule has 20 heteroatoms. The first-order valence-electron chi connectivity index (χ1n) is 28.2. The van der Waals surface area contributed by atoms with Crippen LogP contribution in [0.2, 0.25) is 0 Å². The first-order valence-corrected chi connectivity index (χ1v) is 28.2. The van der Waals surface area contributed by atoms with E-state index in [0.29, 0.717) is 112 Å². The molecule has 0 saturated heterocycles. The van der Waals surface area contributed by atoms with Gasteiger partial charge in [-0.25, -0.2) is 0 Å². The molecule has 20 nitrogen and oxygen atoms in total. The fourth-order valence-corrected chi connectivity index (χ4v) is 8.30. The third-order valence-electron chi connectivity index (χ3n) is 13.0. The average molecular weight is 1120 g/mol. The Kier molecular flexibility index (Phi) is 35.1. The molecule has 0 radical (unpaired) electrons. The van der Waals surface area contributed by atoms with Gasteiger partial charge in [-0.3, -0.25) is 38.4 Å². The summed E-state index contributed by atoms with van der Waals surface area (Å²) < 4.78 is 23.4. The fourth-order valence-electron chi connectivity index (χ4n) is 8.30. The van der Waals surface area contributed by atoms with Crippen LogP contribution in [-0.4, -0.2) is 141 Å². The molecule has 0 aliphatic rings. The lowest BCUT2D eigenvalue weighted by molar-refractivity contribution is -0.137. The van der Waals surface area contributed by atoms with Crippen molar-refractivity contribution in [2.24, 2.45) is 0 Å². The summed E-state index contributed by atoms with van der Waals surface area (Å²) in [7, 11) is 1.54. The van der Waals surface area contributed by atoms with Crippen LogP contribution in [0.25, 0.3) is 0 Å². The maximum absolute atomic E-state index is 13.7. The van der Waals surface area contributed by atoms with Crippen molar-refractivity contribution >= 4 is 47.1 Å². The summed E-state index contributed by atoms with van der Waals surface area (Å²) in [5.41, 5.74) is 1.65. The largest absolute Gasteiger partial charge is 0.497 e. The molecule has 1 unspecified atom stereocenters. The maximum atomic E-state index is 13.7. The second-order valence-electron chi connectivity index (χ2n) is 19.8. The quantitative estimate of drug-likeness (QED) is 0.0227. The molecule has 3 rings (SSSR count).